The van der Waals surface area contributed by atoms with Crippen LogP contribution in [0.1, 0.15) is 66.7 Å². The number of ketones is 1. The van der Waals surface area contributed by atoms with Crippen LogP contribution in [-0.4, -0.2) is 43.8 Å². The van der Waals surface area contributed by atoms with E-state index in [1.807, 2.05) is 25.1 Å². The lowest BCUT2D eigenvalue weighted by Crippen LogP contribution is -2.19. The number of hydrogen-bond donors (Lipinski definition) is 3. The van der Waals surface area contributed by atoms with Gasteiger partial charge in [-0.05, 0) is 50.7 Å². The molecule has 37 heavy (non-hydrogen) atoms. The lowest BCUT2D eigenvalue weighted by Gasteiger charge is -2.21. The molecular formula is C29H41NO5S2. The van der Waals surface area contributed by atoms with E-state index in [1.165, 1.54) is 25.3 Å². The summed E-state index contributed by atoms with van der Waals surface area (Å²) in [6.07, 6.45) is 9.23. The van der Waals surface area contributed by atoms with Gasteiger partial charge in [0.25, 0.3) is 5.91 Å². The summed E-state index contributed by atoms with van der Waals surface area (Å²) >= 11 is 2.73. The van der Waals surface area contributed by atoms with Gasteiger partial charge in [0.05, 0.1) is 11.3 Å². The number of aliphatic hydroxyl groups excluding tert-OH is 2. The molecule has 0 aromatic heterocycles. The molecule has 1 aromatic rings. The number of carbonyl (C=O) groups is 3. The molecule has 0 heterocycles. The molecule has 2 rings (SSSR count). The summed E-state index contributed by atoms with van der Waals surface area (Å²) < 4.78 is 0. The van der Waals surface area contributed by atoms with E-state index < -0.39 is 0 Å². The molecule has 6 nitrogen and oxygen atoms in total. The summed E-state index contributed by atoms with van der Waals surface area (Å²) in [6, 6.07) is 9.12. The number of Topliss-reactive ketones (excluding diaryl/α,β-unsaturated/α-hetero) is 1. The van der Waals surface area contributed by atoms with Gasteiger partial charge in [-0.3, -0.25) is 14.4 Å². The van der Waals surface area contributed by atoms with Crippen molar-refractivity contribution in [3.8, 4) is 0 Å². The van der Waals surface area contributed by atoms with Gasteiger partial charge in [0.15, 0.2) is 5.78 Å². The van der Waals surface area contributed by atoms with Crippen LogP contribution in [0.2, 0.25) is 0 Å². The minimum atomic E-state index is -0.304. The van der Waals surface area contributed by atoms with Crippen molar-refractivity contribution in [1.29, 1.82) is 0 Å². The van der Waals surface area contributed by atoms with E-state index in [9.17, 15) is 24.6 Å². The van der Waals surface area contributed by atoms with Crippen molar-refractivity contribution in [1.82, 2.24) is 0 Å². The summed E-state index contributed by atoms with van der Waals surface area (Å²) in [5, 5.41) is 22.5. The Morgan fingerprint density at radius 3 is 2.24 bits per heavy atom. The number of hydrogen-bond acceptors (Lipinski definition) is 7. The predicted octanol–water partition coefficient (Wildman–Crippen LogP) is 7.40. The second-order valence-corrected chi connectivity index (χ2v) is 11.5. The van der Waals surface area contributed by atoms with Crippen LogP contribution in [0.25, 0.3) is 0 Å². The first-order valence-electron chi connectivity index (χ1n) is 12.8. The average molecular weight is 548 g/mol. The van der Waals surface area contributed by atoms with Crippen molar-refractivity contribution in [2.75, 3.05) is 16.8 Å². The normalized spacial score (nSPS) is 15.4. The highest BCUT2D eigenvalue weighted by molar-refractivity contribution is 8.14. The Kier molecular flexibility index (Phi) is 15.8. The third kappa shape index (κ3) is 12.1. The number of thioether (sulfide) groups is 2. The third-order valence-corrected chi connectivity index (χ3v) is 7.77. The molecule has 1 aliphatic rings. The Balaban J connectivity index is 0.000000384. The molecular weight excluding hydrogens is 506 g/mol. The first-order valence-corrected chi connectivity index (χ1v) is 14.8. The molecule has 0 spiro atoms. The molecule has 1 saturated carbocycles. The van der Waals surface area contributed by atoms with Gasteiger partial charge in [-0.2, -0.15) is 11.8 Å². The van der Waals surface area contributed by atoms with Gasteiger partial charge in [0.1, 0.15) is 17.1 Å². The molecule has 0 unspecified atom stereocenters. The van der Waals surface area contributed by atoms with Crippen LogP contribution in [-0.2, 0) is 14.4 Å². The highest BCUT2D eigenvalue weighted by Crippen LogP contribution is 2.29. The first-order chi connectivity index (χ1) is 17.6. The summed E-state index contributed by atoms with van der Waals surface area (Å²) in [4.78, 5) is 36.1. The topological polar surface area (TPSA) is 104 Å². The van der Waals surface area contributed by atoms with Crippen molar-refractivity contribution in [3.05, 3.63) is 65.1 Å². The second kappa shape index (κ2) is 17.9. The minimum Gasteiger partial charge on any atom is -0.511 e. The predicted molar refractivity (Wildman–Crippen MR) is 157 cm³/mol. The number of allylic oxidation sites excluding steroid dienone is 3. The lowest BCUT2D eigenvalue weighted by atomic mass is 10.0. The summed E-state index contributed by atoms with van der Waals surface area (Å²) in [5.41, 5.74) is 1.02. The van der Waals surface area contributed by atoms with Crippen molar-refractivity contribution >= 4 is 46.0 Å². The number of para-hydroxylation sites is 1. The monoisotopic (exact) mass is 547 g/mol. The maximum absolute atomic E-state index is 12.4. The van der Waals surface area contributed by atoms with E-state index in [0.717, 1.165) is 24.6 Å². The quantitative estimate of drug-likeness (QED) is 0.0921. The Labute approximate surface area is 230 Å². The van der Waals surface area contributed by atoms with Crippen molar-refractivity contribution in [3.63, 3.8) is 0 Å². The Morgan fingerprint density at radius 1 is 1.08 bits per heavy atom. The zero-order chi connectivity index (χ0) is 27.8. The van der Waals surface area contributed by atoms with Crippen molar-refractivity contribution in [2.24, 2.45) is 5.92 Å². The van der Waals surface area contributed by atoms with Gasteiger partial charge >= 0.3 is 0 Å². The number of amides is 1. The van der Waals surface area contributed by atoms with E-state index in [0.29, 0.717) is 28.0 Å². The molecule has 0 aliphatic heterocycles. The van der Waals surface area contributed by atoms with Crippen LogP contribution in [0.15, 0.2) is 65.1 Å². The van der Waals surface area contributed by atoms with Gasteiger partial charge in [-0.1, -0.05) is 76.1 Å². The molecule has 0 atom stereocenters. The number of rotatable bonds is 10. The van der Waals surface area contributed by atoms with Crippen LogP contribution in [0.4, 0.5) is 5.69 Å². The molecule has 1 aromatic carbocycles. The Morgan fingerprint density at radius 2 is 1.70 bits per heavy atom. The maximum Gasteiger partial charge on any atom is 0.255 e. The van der Waals surface area contributed by atoms with E-state index in [2.05, 4.69) is 5.32 Å². The molecule has 1 aliphatic carbocycles. The zero-order valence-electron chi connectivity index (χ0n) is 22.6. The van der Waals surface area contributed by atoms with Gasteiger partial charge in [-0.15, -0.1) is 0 Å². The van der Waals surface area contributed by atoms with E-state index in [-0.39, 0.29) is 39.8 Å². The van der Waals surface area contributed by atoms with Gasteiger partial charge in [0.2, 0.25) is 5.12 Å². The third-order valence-electron chi connectivity index (χ3n) is 5.64. The van der Waals surface area contributed by atoms with Crippen LogP contribution in [0.5, 0.6) is 0 Å². The molecule has 8 heteroatoms. The van der Waals surface area contributed by atoms with Crippen LogP contribution >= 0.6 is 23.5 Å². The average Bonchev–Trinajstić information content (AvgIpc) is 2.89. The zero-order valence-corrected chi connectivity index (χ0v) is 24.2. The van der Waals surface area contributed by atoms with Crippen molar-refractivity contribution in [2.45, 2.75) is 72.0 Å². The summed E-state index contributed by atoms with van der Waals surface area (Å²) in [6.45, 7) is 8.81. The Bertz CT molecular complexity index is 977. The van der Waals surface area contributed by atoms with Gasteiger partial charge in [0, 0.05) is 16.9 Å². The molecule has 0 saturated heterocycles. The fourth-order valence-electron chi connectivity index (χ4n) is 3.50. The number of nitrogens with one attached hydrogen (secondary N) is 1. The second-order valence-electron chi connectivity index (χ2n) is 8.96. The Hall–Kier alpha value is -2.45. The minimum absolute atomic E-state index is 0.0140. The standard InChI is InChI=1S/C16H26O3S2.C13H15NO2/c1-4-20-16(19)14(15(18)11(2)3)13(17)10-21-12-8-6-5-7-9-12;1-3-7-12(15)10(2)13(16)14-11-8-5-4-6-9-11/h11-12,18H,4-10H2,1-3H3;3-9,15H,1-2H3,(H,14,16)/b15-14+;. The van der Waals surface area contributed by atoms with Crippen molar-refractivity contribution < 1.29 is 24.6 Å². The molecule has 1 fully saturated rings. The highest BCUT2D eigenvalue weighted by atomic mass is 32.2. The molecule has 204 valence electrons. The molecule has 3 N–H and O–H groups in total. The SMILES string of the molecule is CC=CC(O)=C(C)C(=O)Nc1ccccc1.CCSC(=O)/C(C(=O)CSC1CCCCC1)=C(/O)C(C)C. The molecule has 0 radical (unpaired) electrons. The first kappa shape index (κ1) is 32.6. The van der Waals surface area contributed by atoms with Gasteiger partial charge < -0.3 is 15.5 Å². The largest absolute Gasteiger partial charge is 0.511 e. The smallest absolute Gasteiger partial charge is 0.255 e. The summed E-state index contributed by atoms with van der Waals surface area (Å²) in [5.74, 6) is 0.101. The summed E-state index contributed by atoms with van der Waals surface area (Å²) in [7, 11) is 0. The highest BCUT2D eigenvalue weighted by Gasteiger charge is 2.26. The molecule has 1 amide bonds. The fraction of sp³-hybridized carbons (Fsp3) is 0.483. The van der Waals surface area contributed by atoms with Crippen LogP contribution < -0.4 is 5.32 Å². The molecule has 0 bridgehead atoms. The van der Waals surface area contributed by atoms with Crippen LogP contribution in [0.3, 0.4) is 0 Å². The van der Waals surface area contributed by atoms with E-state index >= 15 is 0 Å². The number of aliphatic hydroxyl groups is 2. The number of anilines is 1. The number of carbonyl (C=O) groups excluding carboxylic acids is 3. The number of benzene rings is 1. The fourth-order valence-corrected chi connectivity index (χ4v) is 5.32. The van der Waals surface area contributed by atoms with Gasteiger partial charge in [-0.25, -0.2) is 0 Å². The van der Waals surface area contributed by atoms with E-state index in [4.69, 9.17) is 0 Å². The van der Waals surface area contributed by atoms with E-state index in [1.54, 1.807) is 57.7 Å². The lowest BCUT2D eigenvalue weighted by molar-refractivity contribution is -0.117. The van der Waals surface area contributed by atoms with Crippen LogP contribution in [0, 0.1) is 5.92 Å². The maximum atomic E-state index is 12.4.